The van der Waals surface area contributed by atoms with Crippen LogP contribution in [-0.2, 0) is 4.79 Å². The molecule has 2 atom stereocenters. The number of carboxylic acid groups (broad SMARTS) is 1. The molecule has 1 aromatic rings. The Labute approximate surface area is 127 Å². The van der Waals surface area contributed by atoms with Gasteiger partial charge in [0.15, 0.2) is 0 Å². The highest BCUT2D eigenvalue weighted by atomic mass is 16.4. The molecule has 3 heteroatoms. The Morgan fingerprint density at radius 2 is 2.19 bits per heavy atom. The molecule has 0 heterocycles. The second-order valence-corrected chi connectivity index (χ2v) is 6.47. The van der Waals surface area contributed by atoms with E-state index in [0.29, 0.717) is 5.92 Å². The standard InChI is InChI=1S/C18H27NO2/c1-3-6-15-8-5-11-18(12-10-15,17(20)21)19-16-9-4-7-14(2)13-16/h4,7,9,13,15,19H,3,5-6,8,10-12H2,1-2H3,(H,20,21). The van der Waals surface area contributed by atoms with Gasteiger partial charge in [0.1, 0.15) is 5.54 Å². The molecule has 1 aromatic carbocycles. The van der Waals surface area contributed by atoms with Crippen LogP contribution in [0, 0.1) is 12.8 Å². The Morgan fingerprint density at radius 3 is 2.86 bits per heavy atom. The molecule has 0 aliphatic heterocycles. The van der Waals surface area contributed by atoms with Crippen molar-refractivity contribution in [2.24, 2.45) is 5.92 Å². The SMILES string of the molecule is CCCC1CCCC(Nc2cccc(C)c2)(C(=O)O)CC1. The van der Waals surface area contributed by atoms with Crippen molar-refractivity contribution in [1.82, 2.24) is 0 Å². The molecule has 0 saturated heterocycles. The highest BCUT2D eigenvalue weighted by molar-refractivity contribution is 5.82. The van der Waals surface area contributed by atoms with Gasteiger partial charge in [-0.15, -0.1) is 0 Å². The van der Waals surface area contributed by atoms with Crippen molar-refractivity contribution < 1.29 is 9.90 Å². The number of carbonyl (C=O) groups is 1. The maximum Gasteiger partial charge on any atom is 0.329 e. The molecule has 2 N–H and O–H groups in total. The molecule has 0 radical (unpaired) electrons. The van der Waals surface area contributed by atoms with E-state index in [1.165, 1.54) is 19.3 Å². The molecule has 2 unspecified atom stereocenters. The van der Waals surface area contributed by atoms with Crippen LogP contribution in [0.15, 0.2) is 24.3 Å². The van der Waals surface area contributed by atoms with E-state index >= 15 is 0 Å². The minimum atomic E-state index is -0.795. The number of nitrogens with one attached hydrogen (secondary N) is 1. The van der Waals surface area contributed by atoms with E-state index in [1.54, 1.807) is 0 Å². The van der Waals surface area contributed by atoms with E-state index in [0.717, 1.165) is 36.9 Å². The third kappa shape index (κ3) is 3.99. The minimum Gasteiger partial charge on any atom is -0.480 e. The number of carboxylic acids is 1. The fraction of sp³-hybridized carbons (Fsp3) is 0.611. The van der Waals surface area contributed by atoms with Gasteiger partial charge in [0, 0.05) is 5.69 Å². The molecular formula is C18H27NO2. The summed E-state index contributed by atoms with van der Waals surface area (Å²) in [5.41, 5.74) is 1.28. The van der Waals surface area contributed by atoms with Crippen LogP contribution >= 0.6 is 0 Å². The van der Waals surface area contributed by atoms with Crippen LogP contribution in [0.2, 0.25) is 0 Å². The van der Waals surface area contributed by atoms with Gasteiger partial charge in [-0.25, -0.2) is 4.79 Å². The summed E-state index contributed by atoms with van der Waals surface area (Å²) in [6.07, 6.45) is 7.03. The summed E-state index contributed by atoms with van der Waals surface area (Å²) in [6, 6.07) is 8.00. The van der Waals surface area contributed by atoms with Gasteiger partial charge in [-0.3, -0.25) is 0 Å². The summed E-state index contributed by atoms with van der Waals surface area (Å²) in [5.74, 6) is -0.0170. The van der Waals surface area contributed by atoms with Crippen LogP contribution in [0.4, 0.5) is 5.69 Å². The van der Waals surface area contributed by atoms with E-state index in [1.807, 2.05) is 31.2 Å². The van der Waals surface area contributed by atoms with E-state index < -0.39 is 11.5 Å². The number of rotatable bonds is 5. The van der Waals surface area contributed by atoms with Gasteiger partial charge in [-0.05, 0) is 49.8 Å². The molecule has 3 nitrogen and oxygen atoms in total. The fourth-order valence-corrected chi connectivity index (χ4v) is 3.50. The molecule has 0 aromatic heterocycles. The van der Waals surface area contributed by atoms with Gasteiger partial charge in [-0.2, -0.15) is 0 Å². The van der Waals surface area contributed by atoms with Crippen molar-refractivity contribution >= 4 is 11.7 Å². The third-order valence-corrected chi connectivity index (χ3v) is 4.70. The Balaban J connectivity index is 2.15. The first-order valence-electron chi connectivity index (χ1n) is 8.14. The summed E-state index contributed by atoms with van der Waals surface area (Å²) in [5, 5.41) is 13.1. The summed E-state index contributed by atoms with van der Waals surface area (Å²) in [6.45, 7) is 4.24. The Morgan fingerprint density at radius 1 is 1.38 bits per heavy atom. The molecule has 1 fully saturated rings. The zero-order valence-electron chi connectivity index (χ0n) is 13.2. The first-order chi connectivity index (χ1) is 10.1. The lowest BCUT2D eigenvalue weighted by molar-refractivity contribution is -0.142. The van der Waals surface area contributed by atoms with Crippen LogP contribution in [0.5, 0.6) is 0 Å². The molecule has 21 heavy (non-hydrogen) atoms. The van der Waals surface area contributed by atoms with E-state index in [2.05, 4.69) is 12.2 Å². The van der Waals surface area contributed by atoms with E-state index in [-0.39, 0.29) is 0 Å². The van der Waals surface area contributed by atoms with E-state index in [4.69, 9.17) is 0 Å². The summed E-state index contributed by atoms with van der Waals surface area (Å²) < 4.78 is 0. The van der Waals surface area contributed by atoms with Crippen molar-refractivity contribution in [2.75, 3.05) is 5.32 Å². The first-order valence-corrected chi connectivity index (χ1v) is 8.14. The molecule has 1 aliphatic carbocycles. The molecular weight excluding hydrogens is 262 g/mol. The topological polar surface area (TPSA) is 49.3 Å². The van der Waals surface area contributed by atoms with Crippen molar-refractivity contribution in [1.29, 1.82) is 0 Å². The minimum absolute atomic E-state index is 0.690. The molecule has 1 saturated carbocycles. The zero-order chi connectivity index (χ0) is 15.3. The smallest absolute Gasteiger partial charge is 0.329 e. The van der Waals surface area contributed by atoms with E-state index in [9.17, 15) is 9.90 Å². The maximum absolute atomic E-state index is 11.9. The van der Waals surface area contributed by atoms with Crippen LogP contribution in [0.1, 0.15) is 57.4 Å². The summed E-state index contributed by atoms with van der Waals surface area (Å²) >= 11 is 0. The molecule has 0 amide bonds. The molecule has 1 aliphatic rings. The van der Waals surface area contributed by atoms with Crippen molar-refractivity contribution in [3.05, 3.63) is 29.8 Å². The van der Waals surface area contributed by atoms with Gasteiger partial charge in [0.25, 0.3) is 0 Å². The number of hydrogen-bond donors (Lipinski definition) is 2. The number of hydrogen-bond acceptors (Lipinski definition) is 2. The molecule has 2 rings (SSSR count). The van der Waals surface area contributed by atoms with Gasteiger partial charge in [0.2, 0.25) is 0 Å². The van der Waals surface area contributed by atoms with Crippen LogP contribution in [-0.4, -0.2) is 16.6 Å². The lowest BCUT2D eigenvalue weighted by Gasteiger charge is -2.30. The molecule has 0 bridgehead atoms. The van der Waals surface area contributed by atoms with Crippen LogP contribution in [0.3, 0.4) is 0 Å². The summed E-state index contributed by atoms with van der Waals surface area (Å²) in [7, 11) is 0. The Bertz CT molecular complexity index is 486. The number of aliphatic carboxylic acids is 1. The second-order valence-electron chi connectivity index (χ2n) is 6.47. The second kappa shape index (κ2) is 6.97. The highest BCUT2D eigenvalue weighted by Crippen LogP contribution is 2.35. The fourth-order valence-electron chi connectivity index (χ4n) is 3.50. The Hall–Kier alpha value is -1.51. The number of aryl methyl sites for hydroxylation is 1. The largest absolute Gasteiger partial charge is 0.480 e. The van der Waals surface area contributed by atoms with Crippen LogP contribution < -0.4 is 5.32 Å². The quantitative estimate of drug-likeness (QED) is 0.778. The van der Waals surface area contributed by atoms with Gasteiger partial charge in [-0.1, -0.05) is 44.7 Å². The lowest BCUT2D eigenvalue weighted by Crippen LogP contribution is -2.46. The predicted octanol–water partition coefficient (Wildman–Crippen LogP) is 4.61. The average Bonchev–Trinajstić information content (AvgIpc) is 2.63. The monoisotopic (exact) mass is 289 g/mol. The van der Waals surface area contributed by atoms with Gasteiger partial charge < -0.3 is 10.4 Å². The number of benzene rings is 1. The number of anilines is 1. The predicted molar refractivity (Wildman–Crippen MR) is 86.7 cm³/mol. The van der Waals surface area contributed by atoms with Crippen molar-refractivity contribution in [3.8, 4) is 0 Å². The molecule has 116 valence electrons. The first kappa shape index (κ1) is 15.9. The normalized spacial score (nSPS) is 26.1. The zero-order valence-corrected chi connectivity index (χ0v) is 13.2. The average molecular weight is 289 g/mol. The third-order valence-electron chi connectivity index (χ3n) is 4.70. The highest BCUT2D eigenvalue weighted by Gasteiger charge is 2.40. The molecule has 0 spiro atoms. The summed E-state index contributed by atoms with van der Waals surface area (Å²) in [4.78, 5) is 11.9. The van der Waals surface area contributed by atoms with Crippen LogP contribution in [0.25, 0.3) is 0 Å². The maximum atomic E-state index is 11.9. The Kier molecular flexibility index (Phi) is 5.27. The van der Waals surface area contributed by atoms with Crippen molar-refractivity contribution in [2.45, 2.75) is 64.3 Å². The van der Waals surface area contributed by atoms with Gasteiger partial charge >= 0.3 is 5.97 Å². The lowest BCUT2D eigenvalue weighted by atomic mass is 9.88. The van der Waals surface area contributed by atoms with Gasteiger partial charge in [0.05, 0.1) is 0 Å². The van der Waals surface area contributed by atoms with Crippen molar-refractivity contribution in [3.63, 3.8) is 0 Å².